The summed E-state index contributed by atoms with van der Waals surface area (Å²) in [5.74, 6) is -1.36. The predicted molar refractivity (Wildman–Crippen MR) is 107 cm³/mol. The van der Waals surface area contributed by atoms with Crippen molar-refractivity contribution in [3.05, 3.63) is 51.9 Å². The van der Waals surface area contributed by atoms with E-state index < -0.39 is 24.5 Å². The highest BCUT2D eigenvalue weighted by atomic mass is 32.1. The van der Waals surface area contributed by atoms with Gasteiger partial charge in [0.25, 0.3) is 5.91 Å². The number of aryl methyl sites for hydroxylation is 1. The maximum atomic E-state index is 12.4. The van der Waals surface area contributed by atoms with Gasteiger partial charge in [-0.3, -0.25) is 9.59 Å². The van der Waals surface area contributed by atoms with Gasteiger partial charge in [0.2, 0.25) is 0 Å². The van der Waals surface area contributed by atoms with Crippen LogP contribution in [0.3, 0.4) is 0 Å². The molecule has 148 valence electrons. The van der Waals surface area contributed by atoms with Crippen LogP contribution in [0.2, 0.25) is 0 Å². The van der Waals surface area contributed by atoms with Crippen molar-refractivity contribution in [2.45, 2.75) is 39.0 Å². The molecule has 6 nitrogen and oxygen atoms in total. The van der Waals surface area contributed by atoms with Gasteiger partial charge in [-0.1, -0.05) is 30.3 Å². The van der Waals surface area contributed by atoms with Gasteiger partial charge in [-0.05, 0) is 43.7 Å². The first-order chi connectivity index (χ1) is 13.6. The number of carbonyl (C=O) groups excluding carboxylic acids is 3. The fourth-order valence-corrected chi connectivity index (χ4v) is 4.49. The smallest absolute Gasteiger partial charge is 0.341 e. The molecule has 0 aliphatic heterocycles. The molecule has 28 heavy (non-hydrogen) atoms. The summed E-state index contributed by atoms with van der Waals surface area (Å²) in [5, 5.41) is 3.21. The molecule has 0 saturated carbocycles. The number of amides is 1. The average molecular weight is 401 g/mol. The minimum atomic E-state index is -0.475. The van der Waals surface area contributed by atoms with Gasteiger partial charge >= 0.3 is 11.9 Å². The lowest BCUT2D eigenvalue weighted by Gasteiger charge is -2.12. The number of benzene rings is 1. The van der Waals surface area contributed by atoms with Gasteiger partial charge in [0.1, 0.15) is 5.00 Å². The lowest BCUT2D eigenvalue weighted by atomic mass is 9.95. The number of fused-ring (bicyclic) bond motifs is 1. The second kappa shape index (κ2) is 9.50. The third-order valence-electron chi connectivity index (χ3n) is 4.46. The van der Waals surface area contributed by atoms with Crippen LogP contribution in [0.25, 0.3) is 0 Å². The van der Waals surface area contributed by atoms with E-state index in [1.54, 1.807) is 6.92 Å². The number of nitrogens with one attached hydrogen (secondary N) is 1. The Bertz CT molecular complexity index is 859. The van der Waals surface area contributed by atoms with Gasteiger partial charge < -0.3 is 14.8 Å². The minimum Gasteiger partial charge on any atom is -0.462 e. The van der Waals surface area contributed by atoms with E-state index >= 15 is 0 Å². The van der Waals surface area contributed by atoms with Crippen LogP contribution in [-0.4, -0.2) is 31.1 Å². The van der Waals surface area contributed by atoms with Gasteiger partial charge in [0.15, 0.2) is 6.61 Å². The first-order valence-corrected chi connectivity index (χ1v) is 10.2. The number of thiophene rings is 1. The van der Waals surface area contributed by atoms with Crippen LogP contribution >= 0.6 is 11.3 Å². The molecular weight excluding hydrogens is 378 g/mol. The number of carbonyl (C=O) groups is 3. The summed E-state index contributed by atoms with van der Waals surface area (Å²) in [7, 11) is 0. The van der Waals surface area contributed by atoms with E-state index in [1.807, 2.05) is 30.3 Å². The fourth-order valence-electron chi connectivity index (χ4n) is 3.20. The van der Waals surface area contributed by atoms with Crippen LogP contribution in [0.5, 0.6) is 0 Å². The fraction of sp³-hybridized carbons (Fsp3) is 0.381. The Kier molecular flexibility index (Phi) is 6.81. The second-order valence-electron chi connectivity index (χ2n) is 6.51. The molecule has 0 radical (unpaired) electrons. The molecule has 1 aliphatic rings. The molecule has 1 aliphatic carbocycles. The lowest BCUT2D eigenvalue weighted by Crippen LogP contribution is -2.22. The van der Waals surface area contributed by atoms with Gasteiger partial charge in [0.05, 0.1) is 18.6 Å². The van der Waals surface area contributed by atoms with E-state index in [2.05, 4.69) is 5.32 Å². The predicted octanol–water partition coefficient (Wildman–Crippen LogP) is 3.53. The summed E-state index contributed by atoms with van der Waals surface area (Å²) >= 11 is 1.41. The van der Waals surface area contributed by atoms with Crippen LogP contribution in [0.15, 0.2) is 30.3 Å². The SMILES string of the molecule is CCOC(=O)c1c(NC(=O)COC(=O)Cc2ccccc2)sc2c1CCCC2. The number of hydrogen-bond donors (Lipinski definition) is 1. The summed E-state index contributed by atoms with van der Waals surface area (Å²) in [6, 6.07) is 9.19. The quantitative estimate of drug-likeness (QED) is 0.718. The van der Waals surface area contributed by atoms with Gasteiger partial charge in [-0.25, -0.2) is 4.79 Å². The van der Waals surface area contributed by atoms with E-state index in [0.29, 0.717) is 10.6 Å². The Balaban J connectivity index is 1.62. The van der Waals surface area contributed by atoms with E-state index in [9.17, 15) is 14.4 Å². The highest BCUT2D eigenvalue weighted by molar-refractivity contribution is 7.17. The zero-order valence-corrected chi connectivity index (χ0v) is 16.6. The monoisotopic (exact) mass is 401 g/mol. The Labute approximate surface area is 167 Å². The van der Waals surface area contributed by atoms with Crippen molar-refractivity contribution in [1.82, 2.24) is 0 Å². The first kappa shape index (κ1) is 20.1. The minimum absolute atomic E-state index is 0.107. The van der Waals surface area contributed by atoms with Crippen LogP contribution in [0.4, 0.5) is 5.00 Å². The molecule has 1 N–H and O–H groups in total. The topological polar surface area (TPSA) is 81.7 Å². The summed E-state index contributed by atoms with van der Waals surface area (Å²) in [4.78, 5) is 37.7. The molecule has 0 unspecified atom stereocenters. The van der Waals surface area contributed by atoms with Crippen LogP contribution < -0.4 is 5.32 Å². The second-order valence-corrected chi connectivity index (χ2v) is 7.61. The van der Waals surface area contributed by atoms with Crippen LogP contribution in [0.1, 0.15) is 46.1 Å². The lowest BCUT2D eigenvalue weighted by molar-refractivity contribution is -0.146. The van der Waals surface area contributed by atoms with E-state index in [-0.39, 0.29) is 13.0 Å². The van der Waals surface area contributed by atoms with Gasteiger partial charge in [0, 0.05) is 4.88 Å². The molecule has 0 spiro atoms. The molecule has 7 heteroatoms. The molecule has 3 rings (SSSR count). The first-order valence-electron chi connectivity index (χ1n) is 9.39. The molecule has 1 amide bonds. The summed E-state index contributed by atoms with van der Waals surface area (Å²) < 4.78 is 10.2. The van der Waals surface area contributed by atoms with E-state index in [0.717, 1.165) is 41.7 Å². The molecule has 1 aromatic carbocycles. The maximum Gasteiger partial charge on any atom is 0.341 e. The Hall–Kier alpha value is -2.67. The van der Waals surface area contributed by atoms with Gasteiger partial charge in [-0.15, -0.1) is 11.3 Å². The summed E-state index contributed by atoms with van der Waals surface area (Å²) in [5.41, 5.74) is 2.25. The number of esters is 2. The molecule has 0 atom stereocenters. The number of rotatable bonds is 7. The Morgan fingerprint density at radius 1 is 1.07 bits per heavy atom. The third-order valence-corrected chi connectivity index (χ3v) is 5.67. The van der Waals surface area contributed by atoms with Crippen molar-refractivity contribution in [2.75, 3.05) is 18.5 Å². The zero-order valence-electron chi connectivity index (χ0n) is 15.8. The number of hydrogen-bond acceptors (Lipinski definition) is 6. The molecule has 1 aromatic heterocycles. The normalized spacial score (nSPS) is 12.8. The van der Waals surface area contributed by atoms with E-state index in [1.165, 1.54) is 11.3 Å². The Morgan fingerprint density at radius 2 is 1.82 bits per heavy atom. The van der Waals surface area contributed by atoms with Gasteiger partial charge in [-0.2, -0.15) is 0 Å². The van der Waals surface area contributed by atoms with Crippen molar-refractivity contribution in [3.8, 4) is 0 Å². The van der Waals surface area contributed by atoms with Crippen molar-refractivity contribution in [1.29, 1.82) is 0 Å². The highest BCUT2D eigenvalue weighted by Gasteiger charge is 2.27. The molecule has 1 heterocycles. The number of anilines is 1. The molecule has 0 bridgehead atoms. The Morgan fingerprint density at radius 3 is 2.57 bits per heavy atom. The standard InChI is InChI=1S/C21H23NO5S/c1-2-26-21(25)19-15-10-6-7-11-16(15)28-20(19)22-17(23)13-27-18(24)12-14-8-4-3-5-9-14/h3-5,8-9H,2,6-7,10-13H2,1H3,(H,22,23). The van der Waals surface area contributed by atoms with Crippen LogP contribution in [-0.2, 0) is 38.3 Å². The number of ether oxygens (including phenoxy) is 2. The van der Waals surface area contributed by atoms with E-state index in [4.69, 9.17) is 9.47 Å². The third kappa shape index (κ3) is 4.98. The molecule has 0 saturated heterocycles. The molecular formula is C21H23NO5S. The van der Waals surface area contributed by atoms with Crippen LogP contribution in [0, 0.1) is 0 Å². The zero-order chi connectivity index (χ0) is 19.9. The summed E-state index contributed by atoms with van der Waals surface area (Å²) in [6.07, 6.45) is 3.90. The molecule has 2 aromatic rings. The highest BCUT2D eigenvalue weighted by Crippen LogP contribution is 2.38. The maximum absolute atomic E-state index is 12.4. The largest absolute Gasteiger partial charge is 0.462 e. The molecule has 0 fully saturated rings. The van der Waals surface area contributed by atoms with Crippen molar-refractivity contribution < 1.29 is 23.9 Å². The van der Waals surface area contributed by atoms with Crippen molar-refractivity contribution in [2.24, 2.45) is 0 Å². The summed E-state index contributed by atoms with van der Waals surface area (Å²) in [6.45, 7) is 1.63. The van der Waals surface area contributed by atoms with Crippen molar-refractivity contribution >= 4 is 34.2 Å². The average Bonchev–Trinajstić information content (AvgIpc) is 3.05. The van der Waals surface area contributed by atoms with Crippen molar-refractivity contribution in [3.63, 3.8) is 0 Å².